The van der Waals surface area contributed by atoms with Gasteiger partial charge in [-0.2, -0.15) is 5.10 Å². The average Bonchev–Trinajstić information content (AvgIpc) is 3.00. The third-order valence-corrected chi connectivity index (χ3v) is 4.56. The molecule has 3 rings (SSSR count). The van der Waals surface area contributed by atoms with E-state index in [1.807, 2.05) is 39.0 Å². The lowest BCUT2D eigenvalue weighted by molar-refractivity contribution is 0.310. The lowest BCUT2D eigenvalue weighted by Gasteiger charge is -2.12. The number of nitrogens with one attached hydrogen (secondary N) is 1. The van der Waals surface area contributed by atoms with Crippen LogP contribution in [0.15, 0.2) is 36.1 Å². The minimum Gasteiger partial charge on any atom is -0.506 e. The van der Waals surface area contributed by atoms with Crippen molar-refractivity contribution in [3.05, 3.63) is 58.0 Å². The Bertz CT molecular complexity index is 1040. The number of halogens is 1. The number of pyridine rings is 1. The van der Waals surface area contributed by atoms with E-state index in [0.717, 1.165) is 33.5 Å². The SMILES string of the molecule is C/C=C\C(=C/c1c(-c2ccc(O)c(Cl)c2)nc2n[nH]c(C)c2c1C)OC. The largest absolute Gasteiger partial charge is 0.506 e. The van der Waals surface area contributed by atoms with Crippen LogP contribution in [0.5, 0.6) is 5.75 Å². The molecule has 0 radical (unpaired) electrons. The number of rotatable bonds is 4. The van der Waals surface area contributed by atoms with E-state index in [4.69, 9.17) is 21.3 Å². The standard InChI is InChI=1S/C20H20ClN3O2/c1-5-6-14(26-4)10-15-11(2)18-12(3)23-24-20(18)22-19(15)13-7-8-17(25)16(21)9-13/h5-10,25H,1-4H3,(H,22,23,24)/b6-5-,14-10+. The van der Waals surface area contributed by atoms with Crippen LogP contribution in [-0.4, -0.2) is 27.4 Å². The van der Waals surface area contributed by atoms with Gasteiger partial charge in [-0.05, 0) is 56.7 Å². The van der Waals surface area contributed by atoms with Crippen molar-refractivity contribution < 1.29 is 9.84 Å². The summed E-state index contributed by atoms with van der Waals surface area (Å²) in [5.74, 6) is 0.747. The molecular weight excluding hydrogens is 350 g/mol. The summed E-state index contributed by atoms with van der Waals surface area (Å²) < 4.78 is 5.46. The number of aromatic nitrogens is 3. The van der Waals surface area contributed by atoms with Crippen LogP contribution in [0.4, 0.5) is 0 Å². The number of hydrogen-bond donors (Lipinski definition) is 2. The molecule has 0 aliphatic carbocycles. The summed E-state index contributed by atoms with van der Waals surface area (Å²) in [5.41, 5.74) is 5.07. The highest BCUT2D eigenvalue weighted by Gasteiger charge is 2.17. The number of hydrogen-bond acceptors (Lipinski definition) is 4. The smallest absolute Gasteiger partial charge is 0.182 e. The van der Waals surface area contributed by atoms with Gasteiger partial charge >= 0.3 is 0 Å². The number of fused-ring (bicyclic) bond motifs is 1. The zero-order valence-electron chi connectivity index (χ0n) is 15.1. The molecule has 2 N–H and O–H groups in total. The maximum atomic E-state index is 9.73. The Kier molecular flexibility index (Phi) is 5.00. The number of ether oxygens (including phenoxy) is 1. The van der Waals surface area contributed by atoms with Crippen molar-refractivity contribution in [2.24, 2.45) is 0 Å². The molecule has 1 aromatic carbocycles. The van der Waals surface area contributed by atoms with Crippen molar-refractivity contribution in [2.45, 2.75) is 20.8 Å². The molecule has 5 nitrogen and oxygen atoms in total. The molecule has 0 saturated carbocycles. The van der Waals surface area contributed by atoms with Crippen LogP contribution in [-0.2, 0) is 4.74 Å². The highest BCUT2D eigenvalue weighted by atomic mass is 35.5. The fraction of sp³-hybridized carbons (Fsp3) is 0.200. The molecule has 0 aliphatic heterocycles. The van der Waals surface area contributed by atoms with Crippen molar-refractivity contribution >= 4 is 28.7 Å². The van der Waals surface area contributed by atoms with Crippen molar-refractivity contribution in [1.29, 1.82) is 0 Å². The second-order valence-electron chi connectivity index (χ2n) is 5.96. The van der Waals surface area contributed by atoms with Crippen molar-refractivity contribution in [3.63, 3.8) is 0 Å². The van der Waals surface area contributed by atoms with E-state index in [9.17, 15) is 5.11 Å². The number of phenols is 1. The monoisotopic (exact) mass is 369 g/mol. The summed E-state index contributed by atoms with van der Waals surface area (Å²) in [4.78, 5) is 4.74. The second kappa shape index (κ2) is 7.22. The summed E-state index contributed by atoms with van der Waals surface area (Å²) in [6.07, 6.45) is 5.75. The first kappa shape index (κ1) is 18.0. The lowest BCUT2D eigenvalue weighted by Crippen LogP contribution is -1.96. The first-order chi connectivity index (χ1) is 12.5. The number of H-pyrrole nitrogens is 1. The topological polar surface area (TPSA) is 71.0 Å². The van der Waals surface area contributed by atoms with E-state index < -0.39 is 0 Å². The number of benzene rings is 1. The predicted octanol–water partition coefficient (Wildman–Crippen LogP) is 5.16. The first-order valence-corrected chi connectivity index (χ1v) is 8.56. The zero-order valence-corrected chi connectivity index (χ0v) is 15.8. The summed E-state index contributed by atoms with van der Waals surface area (Å²) in [5, 5.41) is 18.3. The van der Waals surface area contributed by atoms with Crippen LogP contribution < -0.4 is 0 Å². The van der Waals surface area contributed by atoms with E-state index in [0.29, 0.717) is 11.4 Å². The molecule has 26 heavy (non-hydrogen) atoms. The van der Waals surface area contributed by atoms with E-state index in [1.54, 1.807) is 25.3 Å². The van der Waals surface area contributed by atoms with Crippen LogP contribution in [0.1, 0.15) is 23.7 Å². The fourth-order valence-corrected chi connectivity index (χ4v) is 3.14. The third kappa shape index (κ3) is 3.18. The molecule has 0 fully saturated rings. The molecule has 3 aromatic rings. The highest BCUT2D eigenvalue weighted by molar-refractivity contribution is 6.32. The molecule has 2 heterocycles. The van der Waals surface area contributed by atoms with E-state index in [2.05, 4.69) is 10.2 Å². The molecule has 0 spiro atoms. The number of aromatic amines is 1. The molecule has 134 valence electrons. The molecule has 0 unspecified atom stereocenters. The summed E-state index contributed by atoms with van der Waals surface area (Å²) in [7, 11) is 1.63. The molecule has 0 atom stereocenters. The average molecular weight is 370 g/mol. The Morgan fingerprint density at radius 3 is 2.73 bits per heavy atom. The van der Waals surface area contributed by atoms with Gasteiger partial charge in [0.15, 0.2) is 5.65 Å². The van der Waals surface area contributed by atoms with Gasteiger partial charge in [0.05, 0.1) is 17.8 Å². The summed E-state index contributed by atoms with van der Waals surface area (Å²) in [6, 6.07) is 5.04. The molecule has 2 aromatic heterocycles. The molecule has 0 aliphatic rings. The van der Waals surface area contributed by atoms with Crippen molar-refractivity contribution in [3.8, 4) is 17.0 Å². The number of phenolic OH excluding ortho intramolecular Hbond substituents is 1. The number of aromatic hydroxyl groups is 1. The maximum absolute atomic E-state index is 9.73. The zero-order chi connectivity index (χ0) is 18.8. The molecule has 6 heteroatoms. The minimum absolute atomic E-state index is 0.0346. The quantitative estimate of drug-likeness (QED) is 0.492. The Labute approximate surface area is 157 Å². The number of allylic oxidation sites excluding steroid dienone is 2. The van der Waals surface area contributed by atoms with Gasteiger partial charge in [0.1, 0.15) is 11.5 Å². The van der Waals surface area contributed by atoms with Gasteiger partial charge < -0.3 is 9.84 Å². The summed E-state index contributed by atoms with van der Waals surface area (Å²) in [6.45, 7) is 5.94. The summed E-state index contributed by atoms with van der Waals surface area (Å²) >= 11 is 6.11. The van der Waals surface area contributed by atoms with Crippen molar-refractivity contribution in [1.82, 2.24) is 15.2 Å². The van der Waals surface area contributed by atoms with Gasteiger partial charge in [0.2, 0.25) is 0 Å². The van der Waals surface area contributed by atoms with Gasteiger partial charge in [-0.3, -0.25) is 5.10 Å². The predicted molar refractivity (Wildman–Crippen MR) is 105 cm³/mol. The Morgan fingerprint density at radius 2 is 2.08 bits per heavy atom. The van der Waals surface area contributed by atoms with Crippen LogP contribution in [0, 0.1) is 13.8 Å². The van der Waals surface area contributed by atoms with Gasteiger partial charge in [-0.15, -0.1) is 0 Å². The Hall–Kier alpha value is -2.79. The normalized spacial score (nSPS) is 12.3. The lowest BCUT2D eigenvalue weighted by atomic mass is 9.98. The Morgan fingerprint density at radius 1 is 1.31 bits per heavy atom. The number of aryl methyl sites for hydroxylation is 2. The van der Waals surface area contributed by atoms with Crippen LogP contribution in [0.2, 0.25) is 5.02 Å². The van der Waals surface area contributed by atoms with Gasteiger partial charge in [0, 0.05) is 22.2 Å². The van der Waals surface area contributed by atoms with Gasteiger partial charge in [-0.1, -0.05) is 17.7 Å². The van der Waals surface area contributed by atoms with Crippen LogP contribution in [0.25, 0.3) is 28.4 Å². The van der Waals surface area contributed by atoms with E-state index >= 15 is 0 Å². The number of nitrogens with zero attached hydrogens (tertiary/aromatic N) is 2. The highest BCUT2D eigenvalue weighted by Crippen LogP contribution is 2.35. The van der Waals surface area contributed by atoms with E-state index in [1.165, 1.54) is 0 Å². The minimum atomic E-state index is 0.0346. The second-order valence-corrected chi connectivity index (χ2v) is 6.37. The molecule has 0 saturated heterocycles. The number of methoxy groups -OCH3 is 1. The van der Waals surface area contributed by atoms with E-state index in [-0.39, 0.29) is 10.8 Å². The fourth-order valence-electron chi connectivity index (χ4n) is 2.96. The third-order valence-electron chi connectivity index (χ3n) is 4.25. The van der Waals surface area contributed by atoms with Gasteiger partial charge in [-0.25, -0.2) is 4.98 Å². The molecular formula is C20H20ClN3O2. The maximum Gasteiger partial charge on any atom is 0.182 e. The van der Waals surface area contributed by atoms with Crippen LogP contribution >= 0.6 is 11.6 Å². The Balaban J connectivity index is 2.36. The van der Waals surface area contributed by atoms with Crippen LogP contribution in [0.3, 0.4) is 0 Å². The molecule has 0 amide bonds. The molecule has 0 bridgehead atoms. The van der Waals surface area contributed by atoms with Crippen molar-refractivity contribution in [2.75, 3.05) is 7.11 Å². The first-order valence-electron chi connectivity index (χ1n) is 8.18. The van der Waals surface area contributed by atoms with Gasteiger partial charge in [0.25, 0.3) is 0 Å².